The van der Waals surface area contributed by atoms with Gasteiger partial charge in [0.1, 0.15) is 0 Å². The van der Waals surface area contributed by atoms with Crippen LogP contribution in [0.5, 0.6) is 0 Å². The van der Waals surface area contributed by atoms with Crippen molar-refractivity contribution in [3.63, 3.8) is 0 Å². The van der Waals surface area contributed by atoms with Crippen molar-refractivity contribution in [2.45, 2.75) is 103 Å². The van der Waals surface area contributed by atoms with E-state index >= 15 is 0 Å². The van der Waals surface area contributed by atoms with Crippen LogP contribution in [-0.4, -0.2) is 32.4 Å². The van der Waals surface area contributed by atoms with Gasteiger partial charge in [-0.25, -0.2) is 0 Å². The molecule has 1 aliphatic heterocycles. The van der Waals surface area contributed by atoms with Crippen molar-refractivity contribution in [2.24, 2.45) is 0 Å². The summed E-state index contributed by atoms with van der Waals surface area (Å²) in [6, 6.07) is 10.5. The van der Waals surface area contributed by atoms with E-state index in [2.05, 4.69) is 43.4 Å². The van der Waals surface area contributed by atoms with Gasteiger partial charge in [0.2, 0.25) is 0 Å². The maximum absolute atomic E-state index is 6.27. The van der Waals surface area contributed by atoms with Crippen molar-refractivity contribution in [1.82, 2.24) is 5.32 Å². The van der Waals surface area contributed by atoms with E-state index in [0.29, 0.717) is 6.61 Å². The minimum Gasteiger partial charge on any atom is -0.406 e. The zero-order valence-corrected chi connectivity index (χ0v) is 19.5. The summed E-state index contributed by atoms with van der Waals surface area (Å²) in [5.74, 6) is 0. The summed E-state index contributed by atoms with van der Waals surface area (Å²) in [7, 11) is -0.266. The number of benzene rings is 1. The minimum atomic E-state index is -0.266. The molecule has 1 heterocycles. The van der Waals surface area contributed by atoms with Crippen LogP contribution in [0.1, 0.15) is 90.9 Å². The molecule has 0 aliphatic carbocycles. The normalized spacial score (nSPS) is 19.6. The van der Waals surface area contributed by atoms with Crippen LogP contribution < -0.4 is 10.8 Å². The molecule has 1 aliphatic rings. The number of hydrogen-bond acceptors (Lipinski definition) is 3. The van der Waals surface area contributed by atoms with Crippen LogP contribution in [0.4, 0.5) is 0 Å². The largest absolute Gasteiger partial charge is 0.494 e. The van der Waals surface area contributed by atoms with Crippen molar-refractivity contribution in [3.8, 4) is 0 Å². The first kappa shape index (κ1) is 25.2. The molecule has 1 aromatic rings. The maximum Gasteiger partial charge on any atom is 0.494 e. The average Bonchev–Trinajstić information content (AvgIpc) is 2.78. The van der Waals surface area contributed by atoms with E-state index in [1.54, 1.807) is 0 Å². The zero-order valence-electron chi connectivity index (χ0n) is 19.5. The molecule has 2 atom stereocenters. The first-order valence-electron chi connectivity index (χ1n) is 12.6. The summed E-state index contributed by atoms with van der Waals surface area (Å²) >= 11 is 0. The highest BCUT2D eigenvalue weighted by atomic mass is 16.6. The number of allylic oxidation sites excluding steroid dienone is 1. The van der Waals surface area contributed by atoms with Crippen LogP contribution in [0, 0.1) is 0 Å². The number of unbranched alkanes of at least 4 members (excludes halogenated alkanes) is 11. The molecule has 0 radical (unpaired) electrons. The molecule has 30 heavy (non-hydrogen) atoms. The van der Waals surface area contributed by atoms with Crippen LogP contribution in [-0.2, 0) is 9.31 Å². The molecule has 1 aromatic carbocycles. The molecule has 0 aromatic heterocycles. The quantitative estimate of drug-likeness (QED) is 0.204. The van der Waals surface area contributed by atoms with Crippen LogP contribution in [0.25, 0.3) is 0 Å². The van der Waals surface area contributed by atoms with Gasteiger partial charge in [-0.3, -0.25) is 0 Å². The lowest BCUT2D eigenvalue weighted by Crippen LogP contribution is -2.55. The number of rotatable bonds is 16. The molecule has 168 valence electrons. The van der Waals surface area contributed by atoms with E-state index in [1.165, 1.54) is 70.6 Å². The number of hydrogen-bond donors (Lipinski definition) is 1. The summed E-state index contributed by atoms with van der Waals surface area (Å²) in [5.41, 5.74) is 1.09. The van der Waals surface area contributed by atoms with Crippen LogP contribution >= 0.6 is 0 Å². The number of nitrogens with one attached hydrogen (secondary N) is 1. The van der Waals surface area contributed by atoms with E-state index in [-0.39, 0.29) is 19.3 Å². The molecule has 0 saturated carbocycles. The van der Waals surface area contributed by atoms with Gasteiger partial charge < -0.3 is 14.6 Å². The molecule has 1 saturated heterocycles. The summed E-state index contributed by atoms with van der Waals surface area (Å²) in [6.45, 7) is 6.03. The number of likely N-dealkylation sites (N-methyl/N-ethyl adjacent to an activating group) is 1. The van der Waals surface area contributed by atoms with Crippen LogP contribution in [0.15, 0.2) is 42.5 Å². The topological polar surface area (TPSA) is 30.5 Å². The monoisotopic (exact) mass is 413 g/mol. The molecule has 3 nitrogen and oxygen atoms in total. The Bertz CT molecular complexity index is 551. The second-order valence-corrected chi connectivity index (χ2v) is 8.59. The SMILES string of the molecule is CCCCCCCCCCCCC/C=C/C1OB(c2ccccc2)OCC1NCC. The Morgan fingerprint density at radius 2 is 1.53 bits per heavy atom. The zero-order chi connectivity index (χ0) is 21.3. The van der Waals surface area contributed by atoms with E-state index in [4.69, 9.17) is 9.31 Å². The highest BCUT2D eigenvalue weighted by molar-refractivity contribution is 6.61. The van der Waals surface area contributed by atoms with Crippen molar-refractivity contribution < 1.29 is 9.31 Å². The molecule has 0 bridgehead atoms. The Morgan fingerprint density at radius 3 is 2.17 bits per heavy atom. The lowest BCUT2D eigenvalue weighted by atomic mass is 9.77. The summed E-state index contributed by atoms with van der Waals surface area (Å²) in [5, 5.41) is 3.50. The molecule has 2 unspecified atom stereocenters. The van der Waals surface area contributed by atoms with Crippen molar-refractivity contribution >= 4 is 12.6 Å². The van der Waals surface area contributed by atoms with Gasteiger partial charge in [0, 0.05) is 6.61 Å². The summed E-state index contributed by atoms with van der Waals surface area (Å²) in [4.78, 5) is 0. The van der Waals surface area contributed by atoms with Crippen molar-refractivity contribution in [1.29, 1.82) is 0 Å². The van der Waals surface area contributed by atoms with Gasteiger partial charge in [-0.15, -0.1) is 0 Å². The smallest absolute Gasteiger partial charge is 0.406 e. The Labute approximate surface area is 186 Å². The highest BCUT2D eigenvalue weighted by Gasteiger charge is 2.34. The molecule has 1 N–H and O–H groups in total. The van der Waals surface area contributed by atoms with Crippen molar-refractivity contribution in [2.75, 3.05) is 13.2 Å². The lowest BCUT2D eigenvalue weighted by molar-refractivity contribution is 0.0664. The second kappa shape index (κ2) is 16.6. The predicted molar refractivity (Wildman–Crippen MR) is 130 cm³/mol. The van der Waals surface area contributed by atoms with Gasteiger partial charge in [-0.1, -0.05) is 121 Å². The highest BCUT2D eigenvalue weighted by Crippen LogP contribution is 2.15. The van der Waals surface area contributed by atoms with E-state index in [0.717, 1.165) is 18.4 Å². The summed E-state index contributed by atoms with van der Waals surface area (Å²) in [6.07, 6.45) is 21.1. The third-order valence-electron chi connectivity index (χ3n) is 5.94. The Kier molecular flexibility index (Phi) is 13.9. The van der Waals surface area contributed by atoms with Gasteiger partial charge in [0.25, 0.3) is 0 Å². The molecule has 0 amide bonds. The average molecular weight is 413 g/mol. The standard InChI is InChI=1S/C26H44BNO2/c1-3-5-6-7-8-9-10-11-12-13-14-15-19-22-26-25(28-4-2)23-29-27(30-26)24-20-17-16-18-21-24/h16-22,25-26,28H,3-15,23H2,1-2H3/b22-19+. The minimum absolute atomic E-state index is 0.0663. The molecule has 0 spiro atoms. The Morgan fingerprint density at radius 1 is 0.900 bits per heavy atom. The third kappa shape index (κ3) is 10.3. The second-order valence-electron chi connectivity index (χ2n) is 8.59. The fourth-order valence-corrected chi connectivity index (χ4v) is 4.12. The molecular weight excluding hydrogens is 369 g/mol. The van der Waals surface area contributed by atoms with Gasteiger partial charge in [0.15, 0.2) is 0 Å². The summed E-state index contributed by atoms with van der Waals surface area (Å²) < 4.78 is 12.2. The fourth-order valence-electron chi connectivity index (χ4n) is 4.12. The Balaban J connectivity index is 1.59. The maximum atomic E-state index is 6.27. The Hall–Kier alpha value is -1.10. The molecule has 4 heteroatoms. The molecule has 1 fully saturated rings. The van der Waals surface area contributed by atoms with Crippen LogP contribution in [0.3, 0.4) is 0 Å². The first-order chi connectivity index (χ1) is 14.8. The third-order valence-corrected chi connectivity index (χ3v) is 5.94. The van der Waals surface area contributed by atoms with Gasteiger partial charge in [-0.05, 0) is 24.8 Å². The van der Waals surface area contributed by atoms with Gasteiger partial charge in [-0.2, -0.15) is 0 Å². The van der Waals surface area contributed by atoms with Gasteiger partial charge >= 0.3 is 7.12 Å². The van der Waals surface area contributed by atoms with Crippen molar-refractivity contribution in [3.05, 3.63) is 42.5 Å². The molecule has 2 rings (SSSR count). The van der Waals surface area contributed by atoms with Crippen LogP contribution in [0.2, 0.25) is 0 Å². The van der Waals surface area contributed by atoms with E-state index in [9.17, 15) is 0 Å². The van der Waals surface area contributed by atoms with E-state index < -0.39 is 0 Å². The fraction of sp³-hybridized carbons (Fsp3) is 0.692. The predicted octanol–water partition coefficient (Wildman–Crippen LogP) is 6.03. The van der Waals surface area contributed by atoms with E-state index in [1.807, 2.05) is 18.2 Å². The lowest BCUT2D eigenvalue weighted by Gasteiger charge is -2.34. The molecular formula is C26H44BNO2. The first-order valence-corrected chi connectivity index (χ1v) is 12.6. The van der Waals surface area contributed by atoms with Gasteiger partial charge in [0.05, 0.1) is 12.1 Å².